The van der Waals surface area contributed by atoms with Crippen molar-refractivity contribution in [3.63, 3.8) is 0 Å². The van der Waals surface area contributed by atoms with Gasteiger partial charge in [0.1, 0.15) is 10.7 Å². The number of hydrogen-bond acceptors (Lipinski definition) is 5. The number of rotatable bonds is 4. The number of hydrogen-bond donors (Lipinski definition) is 2. The molecular weight excluding hydrogens is 330 g/mol. The molecule has 3 heterocycles. The third-order valence-electron chi connectivity index (χ3n) is 4.55. The zero-order valence-corrected chi connectivity index (χ0v) is 14.4. The molecule has 1 amide bonds. The Morgan fingerprint density at radius 2 is 2.17 bits per heavy atom. The van der Waals surface area contributed by atoms with Crippen LogP contribution in [-0.2, 0) is 16.0 Å². The van der Waals surface area contributed by atoms with E-state index in [9.17, 15) is 14.4 Å². The summed E-state index contributed by atoms with van der Waals surface area (Å²) < 4.78 is 0. The summed E-state index contributed by atoms with van der Waals surface area (Å²) in [4.78, 5) is 45.9. The number of amides is 1. The average molecular weight is 349 g/mol. The minimum Gasteiger partial charge on any atom is -0.481 e. The number of aromatic nitrogens is 2. The molecule has 0 aromatic carbocycles. The highest BCUT2D eigenvalue weighted by Gasteiger charge is 2.30. The van der Waals surface area contributed by atoms with E-state index in [4.69, 9.17) is 5.11 Å². The highest BCUT2D eigenvalue weighted by Crippen LogP contribution is 2.25. The van der Waals surface area contributed by atoms with Gasteiger partial charge in [-0.1, -0.05) is 0 Å². The molecule has 1 aliphatic heterocycles. The minimum atomic E-state index is -0.856. The first-order chi connectivity index (χ1) is 11.4. The summed E-state index contributed by atoms with van der Waals surface area (Å²) in [6.45, 7) is 4.60. The SMILES string of the molecule is Cc1sc2nc(CCC(=O)N3CCC(C(=O)O)C3)[nH]c(=O)c2c1C. The number of H-pyrrole nitrogens is 1. The van der Waals surface area contributed by atoms with Gasteiger partial charge in [-0.05, 0) is 25.8 Å². The molecule has 8 heteroatoms. The Hall–Kier alpha value is -2.22. The number of carbonyl (C=O) groups excluding carboxylic acids is 1. The quantitative estimate of drug-likeness (QED) is 0.870. The van der Waals surface area contributed by atoms with E-state index in [1.54, 1.807) is 4.90 Å². The van der Waals surface area contributed by atoms with Gasteiger partial charge in [0.2, 0.25) is 5.91 Å². The van der Waals surface area contributed by atoms with Gasteiger partial charge in [0.05, 0.1) is 11.3 Å². The van der Waals surface area contributed by atoms with Crippen molar-refractivity contribution in [1.29, 1.82) is 0 Å². The van der Waals surface area contributed by atoms with Gasteiger partial charge in [0.15, 0.2) is 0 Å². The van der Waals surface area contributed by atoms with Crippen molar-refractivity contribution >= 4 is 33.4 Å². The molecule has 7 nitrogen and oxygen atoms in total. The van der Waals surface area contributed by atoms with Gasteiger partial charge in [0.25, 0.3) is 5.56 Å². The molecule has 2 aromatic heterocycles. The summed E-state index contributed by atoms with van der Waals surface area (Å²) in [6.07, 6.45) is 1.05. The summed E-state index contributed by atoms with van der Waals surface area (Å²) in [5.74, 6) is -0.929. The minimum absolute atomic E-state index is 0.0972. The number of nitrogens with zero attached hydrogens (tertiary/aromatic N) is 2. The molecule has 0 radical (unpaired) electrons. The summed E-state index contributed by atoms with van der Waals surface area (Å²) in [7, 11) is 0. The van der Waals surface area contributed by atoms with E-state index < -0.39 is 11.9 Å². The van der Waals surface area contributed by atoms with E-state index in [2.05, 4.69) is 9.97 Å². The Kier molecular flexibility index (Phi) is 4.40. The number of likely N-dealkylation sites (tertiary alicyclic amines) is 1. The Morgan fingerprint density at radius 1 is 1.42 bits per heavy atom. The van der Waals surface area contributed by atoms with Crippen molar-refractivity contribution in [2.24, 2.45) is 5.92 Å². The second-order valence-corrected chi connectivity index (χ2v) is 7.34. The van der Waals surface area contributed by atoms with Gasteiger partial charge in [0, 0.05) is 30.8 Å². The largest absolute Gasteiger partial charge is 0.481 e. The van der Waals surface area contributed by atoms with Crippen LogP contribution in [0, 0.1) is 19.8 Å². The summed E-state index contributed by atoms with van der Waals surface area (Å²) in [6, 6.07) is 0. The van der Waals surface area contributed by atoms with Crippen LogP contribution in [0.4, 0.5) is 0 Å². The Bertz CT molecular complexity index is 870. The molecule has 1 atom stereocenters. The fraction of sp³-hybridized carbons (Fsp3) is 0.500. The molecular formula is C16H19N3O4S. The summed E-state index contributed by atoms with van der Waals surface area (Å²) in [5, 5.41) is 9.61. The first-order valence-electron chi connectivity index (χ1n) is 7.86. The number of aromatic amines is 1. The van der Waals surface area contributed by atoms with Crippen LogP contribution < -0.4 is 5.56 Å². The highest BCUT2D eigenvalue weighted by molar-refractivity contribution is 7.18. The van der Waals surface area contributed by atoms with E-state index in [-0.39, 0.29) is 24.4 Å². The van der Waals surface area contributed by atoms with Gasteiger partial charge in [-0.2, -0.15) is 0 Å². The standard InChI is InChI=1S/C16H19N3O4S/c1-8-9(2)24-15-13(8)14(21)17-11(18-15)3-4-12(20)19-6-5-10(7-19)16(22)23/h10H,3-7H2,1-2H3,(H,22,23)(H,17,18,21). The molecule has 1 fully saturated rings. The van der Waals surface area contributed by atoms with Crippen molar-refractivity contribution in [1.82, 2.24) is 14.9 Å². The predicted molar refractivity (Wildman–Crippen MR) is 90.4 cm³/mol. The number of nitrogens with one attached hydrogen (secondary N) is 1. The normalized spacial score (nSPS) is 17.6. The lowest BCUT2D eigenvalue weighted by Gasteiger charge is -2.15. The number of aliphatic carboxylic acids is 1. The second-order valence-electron chi connectivity index (χ2n) is 6.14. The number of carbonyl (C=O) groups is 2. The first kappa shape index (κ1) is 16.6. The van der Waals surface area contributed by atoms with E-state index >= 15 is 0 Å². The first-order valence-corrected chi connectivity index (χ1v) is 8.68. The second kappa shape index (κ2) is 6.35. The number of thiophene rings is 1. The zero-order chi connectivity index (χ0) is 17.4. The maximum absolute atomic E-state index is 12.2. The van der Waals surface area contributed by atoms with E-state index in [0.29, 0.717) is 35.4 Å². The lowest BCUT2D eigenvalue weighted by Crippen LogP contribution is -2.30. The molecule has 1 saturated heterocycles. The van der Waals surface area contributed by atoms with Crippen molar-refractivity contribution < 1.29 is 14.7 Å². The molecule has 1 unspecified atom stereocenters. The third-order valence-corrected chi connectivity index (χ3v) is 5.66. The molecule has 1 aliphatic rings. The third kappa shape index (κ3) is 3.06. The van der Waals surface area contributed by atoms with Crippen LogP contribution in [0.25, 0.3) is 10.2 Å². The Balaban J connectivity index is 1.69. The number of fused-ring (bicyclic) bond motifs is 1. The van der Waals surface area contributed by atoms with Gasteiger partial charge >= 0.3 is 5.97 Å². The molecule has 3 rings (SSSR count). The fourth-order valence-electron chi connectivity index (χ4n) is 2.99. The van der Waals surface area contributed by atoms with Gasteiger partial charge in [-0.15, -0.1) is 11.3 Å². The van der Waals surface area contributed by atoms with Crippen LogP contribution in [0.1, 0.15) is 29.1 Å². The van der Waals surface area contributed by atoms with Gasteiger partial charge in [-0.3, -0.25) is 14.4 Å². The smallest absolute Gasteiger partial charge is 0.308 e. The molecule has 0 aliphatic carbocycles. The lowest BCUT2D eigenvalue weighted by atomic mass is 10.1. The van der Waals surface area contributed by atoms with E-state index in [1.165, 1.54) is 11.3 Å². The van der Waals surface area contributed by atoms with Crippen LogP contribution in [0.15, 0.2) is 4.79 Å². The predicted octanol–water partition coefficient (Wildman–Crippen LogP) is 1.47. The Morgan fingerprint density at radius 3 is 2.83 bits per heavy atom. The Labute approximate surface area is 142 Å². The zero-order valence-electron chi connectivity index (χ0n) is 13.6. The van der Waals surface area contributed by atoms with Crippen LogP contribution in [-0.4, -0.2) is 44.9 Å². The number of carboxylic acid groups (broad SMARTS) is 1. The molecule has 2 N–H and O–H groups in total. The topological polar surface area (TPSA) is 103 Å². The molecule has 2 aromatic rings. The highest BCUT2D eigenvalue weighted by atomic mass is 32.1. The maximum Gasteiger partial charge on any atom is 0.308 e. The van der Waals surface area contributed by atoms with E-state index in [1.807, 2.05) is 13.8 Å². The monoisotopic (exact) mass is 349 g/mol. The molecule has 128 valence electrons. The number of carboxylic acids is 1. The lowest BCUT2D eigenvalue weighted by molar-refractivity contribution is -0.141. The van der Waals surface area contributed by atoms with E-state index in [0.717, 1.165) is 10.4 Å². The molecule has 24 heavy (non-hydrogen) atoms. The van der Waals surface area contributed by atoms with Crippen LogP contribution in [0.5, 0.6) is 0 Å². The van der Waals surface area contributed by atoms with Crippen molar-refractivity contribution in [3.05, 3.63) is 26.6 Å². The average Bonchev–Trinajstić information content (AvgIpc) is 3.11. The number of aryl methyl sites for hydroxylation is 3. The van der Waals surface area contributed by atoms with Gasteiger partial charge in [-0.25, -0.2) is 4.98 Å². The van der Waals surface area contributed by atoms with Crippen molar-refractivity contribution in [2.75, 3.05) is 13.1 Å². The summed E-state index contributed by atoms with van der Waals surface area (Å²) >= 11 is 1.48. The van der Waals surface area contributed by atoms with Gasteiger partial charge < -0.3 is 15.0 Å². The van der Waals surface area contributed by atoms with Crippen LogP contribution >= 0.6 is 11.3 Å². The maximum atomic E-state index is 12.2. The van der Waals surface area contributed by atoms with Crippen LogP contribution in [0.3, 0.4) is 0 Å². The van der Waals surface area contributed by atoms with Crippen molar-refractivity contribution in [3.8, 4) is 0 Å². The van der Waals surface area contributed by atoms with Crippen LogP contribution in [0.2, 0.25) is 0 Å². The molecule has 0 bridgehead atoms. The molecule has 0 spiro atoms. The van der Waals surface area contributed by atoms with Crippen molar-refractivity contribution in [2.45, 2.75) is 33.1 Å². The molecule has 0 saturated carbocycles. The fourth-order valence-corrected chi connectivity index (χ4v) is 4.04. The summed E-state index contributed by atoms with van der Waals surface area (Å²) in [5.41, 5.74) is 0.777.